The third-order valence-electron chi connectivity index (χ3n) is 16.4. The zero-order valence-electron chi connectivity index (χ0n) is 48.4. The van der Waals surface area contributed by atoms with Gasteiger partial charge in [0.15, 0.2) is 18.7 Å². The predicted octanol–water partition coefficient (Wildman–Crippen LogP) is 4.22. The van der Waals surface area contributed by atoms with E-state index in [1.54, 1.807) is 61.5 Å². The van der Waals surface area contributed by atoms with Gasteiger partial charge in [-0.25, -0.2) is 9.59 Å². The first-order chi connectivity index (χ1) is 37.6. The molecule has 5 heterocycles. The predicted molar refractivity (Wildman–Crippen MR) is 293 cm³/mol. The summed E-state index contributed by atoms with van der Waals surface area (Å²) in [5.41, 5.74) is -3.97. The molecule has 4 aliphatic heterocycles. The van der Waals surface area contributed by atoms with Crippen molar-refractivity contribution < 1.29 is 82.6 Å². The van der Waals surface area contributed by atoms with Crippen LogP contribution in [0.4, 0.5) is 4.79 Å². The Morgan fingerprint density at radius 3 is 2.36 bits per heavy atom. The number of benzene rings is 1. The molecule has 0 bridgehead atoms. The summed E-state index contributed by atoms with van der Waals surface area (Å²) < 4.78 is 52.2. The minimum Gasteiger partial charge on any atom is -0.477 e. The molecule has 24 heteroatoms. The Hall–Kier alpha value is -4.49. The fourth-order valence-corrected chi connectivity index (χ4v) is 12.9. The molecular formula is C56H85N5O18S. The average Bonchev–Trinajstić information content (AvgIpc) is 4.02. The van der Waals surface area contributed by atoms with Crippen molar-refractivity contribution in [1.29, 1.82) is 5.26 Å². The molecule has 0 saturated carbocycles. The summed E-state index contributed by atoms with van der Waals surface area (Å²) in [5, 5.41) is 74.9. The van der Waals surface area contributed by atoms with Crippen molar-refractivity contribution in [2.45, 2.75) is 197 Å². The summed E-state index contributed by atoms with van der Waals surface area (Å²) in [6.45, 7) is 17.3. The van der Waals surface area contributed by atoms with Gasteiger partial charge in [0.2, 0.25) is 12.0 Å². The number of ether oxygens (including phenoxy) is 8. The van der Waals surface area contributed by atoms with Gasteiger partial charge in [-0.2, -0.15) is 5.26 Å². The number of nitriles is 1. The van der Waals surface area contributed by atoms with Crippen LogP contribution < -0.4 is 10.7 Å². The van der Waals surface area contributed by atoms with E-state index in [-0.39, 0.29) is 49.8 Å². The second kappa shape index (κ2) is 27.3. The molecule has 4 aliphatic rings. The number of alkyl carbamates (subject to hydrolysis) is 1. The maximum absolute atomic E-state index is 14.6. The minimum atomic E-state index is -2.05. The van der Waals surface area contributed by atoms with Crippen LogP contribution in [0, 0.1) is 35.0 Å². The first-order valence-electron chi connectivity index (χ1n) is 27.6. The van der Waals surface area contributed by atoms with Gasteiger partial charge in [0.25, 0.3) is 0 Å². The van der Waals surface area contributed by atoms with E-state index in [4.69, 9.17) is 42.7 Å². The van der Waals surface area contributed by atoms with E-state index >= 15 is 0 Å². The molecule has 23 nitrogen and oxygen atoms in total. The highest BCUT2D eigenvalue weighted by Gasteiger charge is 2.54. The van der Waals surface area contributed by atoms with Crippen molar-refractivity contribution in [1.82, 2.24) is 14.8 Å². The molecule has 18 atom stereocenters. The number of hydrogen-bond acceptors (Lipinski definition) is 21. The van der Waals surface area contributed by atoms with Gasteiger partial charge in [0.05, 0.1) is 66.5 Å². The van der Waals surface area contributed by atoms with Crippen molar-refractivity contribution in [3.05, 3.63) is 39.7 Å². The number of likely N-dealkylation sites (N-methyl/N-ethyl adjacent to an activating group) is 1. The number of carbonyl (C=O) groups excluding carboxylic acids is 2. The van der Waals surface area contributed by atoms with E-state index in [2.05, 4.69) is 10.5 Å². The number of methoxy groups -OCH3 is 1. The van der Waals surface area contributed by atoms with Gasteiger partial charge in [-0.1, -0.05) is 32.9 Å². The third kappa shape index (κ3) is 14.6. The lowest BCUT2D eigenvalue weighted by atomic mass is 9.73. The molecule has 2 aromatic rings. The van der Waals surface area contributed by atoms with Crippen LogP contribution in [-0.2, 0) is 60.5 Å². The number of pyridine rings is 1. The molecule has 6 N–H and O–H groups in total. The van der Waals surface area contributed by atoms with Gasteiger partial charge in [0.1, 0.15) is 35.0 Å². The van der Waals surface area contributed by atoms with E-state index in [0.717, 1.165) is 16.0 Å². The van der Waals surface area contributed by atoms with Crippen LogP contribution in [0.25, 0.3) is 10.9 Å². The third-order valence-corrected chi connectivity index (χ3v) is 17.4. The van der Waals surface area contributed by atoms with Crippen molar-refractivity contribution in [3.63, 3.8) is 0 Å². The summed E-state index contributed by atoms with van der Waals surface area (Å²) in [4.78, 5) is 60.8. The number of cyclic esters (lactones) is 1. The lowest BCUT2D eigenvalue weighted by molar-refractivity contribution is -0.317. The van der Waals surface area contributed by atoms with E-state index in [1.165, 1.54) is 32.0 Å². The van der Waals surface area contributed by atoms with E-state index in [9.17, 15) is 50.0 Å². The van der Waals surface area contributed by atoms with Gasteiger partial charge in [-0.15, -0.1) is 11.8 Å². The Balaban J connectivity index is 1.18. The molecule has 3 fully saturated rings. The average molecular weight is 1150 g/mol. The molecule has 0 spiro atoms. The fourth-order valence-electron chi connectivity index (χ4n) is 12.1. The molecule has 0 aliphatic carbocycles. The fraction of sp³-hybridized carbons (Fsp3) is 0.750. The van der Waals surface area contributed by atoms with Crippen molar-refractivity contribution in [2.24, 2.45) is 28.8 Å². The second-order valence-corrected chi connectivity index (χ2v) is 24.1. The van der Waals surface area contributed by atoms with E-state index in [0.29, 0.717) is 37.1 Å². The Kier molecular flexibility index (Phi) is 22.0. The molecular weight excluding hydrogens is 1060 g/mol. The van der Waals surface area contributed by atoms with Crippen LogP contribution in [0.1, 0.15) is 111 Å². The number of nitrogens with zero attached hydrogens (tertiary/aromatic N) is 4. The number of thioether (sulfide) groups is 1. The summed E-state index contributed by atoms with van der Waals surface area (Å²) in [6.07, 6.45) is -9.37. The van der Waals surface area contributed by atoms with Gasteiger partial charge < -0.3 is 83.0 Å². The maximum atomic E-state index is 14.6. The van der Waals surface area contributed by atoms with Crippen LogP contribution in [-0.4, -0.2) is 196 Å². The first-order valence-corrected chi connectivity index (χ1v) is 28.6. The maximum Gasteiger partial charge on any atom is 0.407 e. The highest BCUT2D eigenvalue weighted by Crippen LogP contribution is 2.42. The number of oxime groups is 1. The van der Waals surface area contributed by atoms with Crippen LogP contribution in [0.3, 0.4) is 0 Å². The standard InChI is InChI=1S/C56H85N5O18S/c1-14-40-56(10,70)47(64)31(4)42(59-73-19-16-57)29(2)26-54(8,69)48(78-52-45(63)39(60(11)12)23-30(3)74-52)32(5)46(33(6)51(67)76-40)77-41-27-55(9,71-13)49(34(7)75-41)79-53(68)58-17-20-72-21-22-80-36-24-35-15-18-61-28-38(50(65)66)44(62)37(25-36)43(35)61/h24-25,28-34,39-41,45-49,52,63-64,69-70H,14-15,17-23,26-27H2,1-13H3,(H,58,68)(H,65,66)/b59-42+/t29-,30+,31+,32+,33-,34+,39-,40-,41+,45+,46+,47-,48-,49+,52-,54-,55-,56-/m1/s1. The smallest absolute Gasteiger partial charge is 0.407 e. The topological polar surface area (TPSA) is 309 Å². The lowest BCUT2D eigenvalue weighted by Gasteiger charge is -2.49. The number of nitrogens with one attached hydrogen (secondary N) is 1. The molecule has 448 valence electrons. The Labute approximate surface area is 472 Å². The van der Waals surface area contributed by atoms with Crippen LogP contribution in [0.2, 0.25) is 0 Å². The number of esters is 1. The summed E-state index contributed by atoms with van der Waals surface area (Å²) >= 11 is 1.47. The van der Waals surface area contributed by atoms with Gasteiger partial charge in [0, 0.05) is 72.6 Å². The van der Waals surface area contributed by atoms with E-state index < -0.39 is 132 Å². The molecule has 1 aromatic heterocycles. The molecule has 0 unspecified atom stereocenters. The normalized spacial score (nSPS) is 36.7. The lowest BCUT2D eigenvalue weighted by Crippen LogP contribution is -2.61. The number of carbonyl (C=O) groups is 3. The van der Waals surface area contributed by atoms with Gasteiger partial charge in [-0.3, -0.25) is 9.59 Å². The number of aromatic nitrogens is 1. The zero-order valence-corrected chi connectivity index (χ0v) is 49.2. The number of aliphatic hydroxyl groups excluding tert-OH is 2. The number of carboxylic acid groups (broad SMARTS) is 1. The Bertz CT molecular complexity index is 2610. The number of aromatic carboxylic acids is 1. The summed E-state index contributed by atoms with van der Waals surface area (Å²) in [5.74, 6) is -5.33. The number of aryl methyl sites for hydroxylation is 2. The largest absolute Gasteiger partial charge is 0.477 e. The Morgan fingerprint density at radius 2 is 1.71 bits per heavy atom. The monoisotopic (exact) mass is 1150 g/mol. The second-order valence-electron chi connectivity index (χ2n) is 22.9. The number of hydrogen-bond donors (Lipinski definition) is 6. The number of carboxylic acids is 1. The molecule has 3 saturated heterocycles. The highest BCUT2D eigenvalue weighted by atomic mass is 32.2. The summed E-state index contributed by atoms with van der Waals surface area (Å²) in [7, 11) is 5.13. The molecule has 1 aromatic carbocycles. The van der Waals surface area contributed by atoms with Crippen molar-refractivity contribution in [2.75, 3.05) is 53.3 Å². The van der Waals surface area contributed by atoms with Gasteiger partial charge in [-0.05, 0) is 99.0 Å². The molecule has 6 rings (SSSR count). The Morgan fingerprint density at radius 1 is 1.00 bits per heavy atom. The van der Waals surface area contributed by atoms with Crippen LogP contribution in [0.15, 0.2) is 33.2 Å². The number of aliphatic hydroxyl groups is 4. The van der Waals surface area contributed by atoms with E-state index in [1.807, 2.05) is 42.6 Å². The molecule has 80 heavy (non-hydrogen) atoms. The molecule has 1 amide bonds. The first kappa shape index (κ1) is 64.7. The quantitative estimate of drug-likeness (QED) is 0.0527. The molecule has 0 radical (unpaired) electrons. The van der Waals surface area contributed by atoms with Crippen molar-refractivity contribution in [3.8, 4) is 6.07 Å². The highest BCUT2D eigenvalue weighted by molar-refractivity contribution is 7.99. The van der Waals surface area contributed by atoms with Gasteiger partial charge >= 0.3 is 18.0 Å². The minimum absolute atomic E-state index is 0.0303. The van der Waals surface area contributed by atoms with Crippen LogP contribution in [0.5, 0.6) is 0 Å². The van der Waals surface area contributed by atoms with Crippen molar-refractivity contribution >= 4 is 46.4 Å². The summed E-state index contributed by atoms with van der Waals surface area (Å²) in [6, 6.07) is 5.21. The van der Waals surface area contributed by atoms with Crippen LogP contribution >= 0.6 is 11.8 Å². The number of amides is 1. The zero-order chi connectivity index (χ0) is 59.2. The SMILES string of the molecule is CC[C@H]1OC(=O)[C@H](C)[C@@H](O[C@H]2C[C@@](C)(OC)[C@@H](OC(=O)NCCOCCSc3cc4c5c(c3)c(=O)c(C(=O)O)cn5CC4)[C@H](C)O2)[C@H](C)[C@@H](O[C@H]2O[C@@H](C)C[C@@H](N(C)C)[C@@H]2O)[C@](C)(O)C[C@@H](C)/C(=N\OCC#N)[C@H](C)[C@@H](O)[C@]1(C)O. The number of rotatable bonds is 18.